The van der Waals surface area contributed by atoms with Crippen molar-refractivity contribution in [1.82, 2.24) is 0 Å². The van der Waals surface area contributed by atoms with Gasteiger partial charge in [0, 0.05) is 16.5 Å². The number of fused-ring (bicyclic) bond motifs is 3. The molecule has 3 saturated heterocycles. The number of aliphatic hydroxyl groups is 3. The molecule has 3 heterocycles. The number of rotatable bonds is 6. The minimum atomic E-state index is -1.66. The van der Waals surface area contributed by atoms with E-state index in [2.05, 4.69) is 23.7 Å². The monoisotopic (exact) mass is 646 g/mol. The van der Waals surface area contributed by atoms with Gasteiger partial charge in [0.2, 0.25) is 5.60 Å². The third-order valence-electron chi connectivity index (χ3n) is 8.86. The summed E-state index contributed by atoms with van der Waals surface area (Å²) in [5.41, 5.74) is 0.153. The Morgan fingerprint density at radius 2 is 1.91 bits per heavy atom. The molecule has 0 radical (unpaired) electrons. The zero-order chi connectivity index (χ0) is 33.2. The number of aliphatic hydroxyl groups excluding tert-OH is 3. The van der Waals surface area contributed by atoms with Gasteiger partial charge >= 0.3 is 12.1 Å². The van der Waals surface area contributed by atoms with Gasteiger partial charge in [-0.25, -0.2) is 9.59 Å². The smallest absolute Gasteiger partial charge is 0.507 e. The molecule has 7 rings (SSSR count). The van der Waals surface area contributed by atoms with Gasteiger partial charge in [0.05, 0.1) is 13.2 Å². The summed E-state index contributed by atoms with van der Waals surface area (Å²) in [6.07, 6.45) is -8.65. The Morgan fingerprint density at radius 1 is 1.11 bits per heavy atom. The number of epoxide rings is 1. The van der Waals surface area contributed by atoms with Crippen molar-refractivity contribution in [2.24, 2.45) is 0 Å². The lowest BCUT2D eigenvalue weighted by Gasteiger charge is -2.40. The highest BCUT2D eigenvalue weighted by atomic mass is 16.8. The van der Waals surface area contributed by atoms with Crippen LogP contribution in [-0.4, -0.2) is 107 Å². The number of phenols is 1. The van der Waals surface area contributed by atoms with Gasteiger partial charge in [0.15, 0.2) is 24.6 Å². The number of hydrogen-bond acceptors (Lipinski definition) is 13. The second-order valence-electron chi connectivity index (χ2n) is 11.8. The highest BCUT2D eigenvalue weighted by Crippen LogP contribution is 2.44. The first-order valence-corrected chi connectivity index (χ1v) is 14.8. The average Bonchev–Trinajstić information content (AvgIpc) is 3.37. The zero-order valence-corrected chi connectivity index (χ0v) is 25.3. The van der Waals surface area contributed by atoms with Crippen molar-refractivity contribution >= 4 is 22.9 Å². The van der Waals surface area contributed by atoms with Crippen LogP contribution in [-0.2, 0) is 28.4 Å². The number of carbonyl (C=O) groups is 2. The lowest BCUT2D eigenvalue weighted by atomic mass is 9.98. The molecule has 2 aromatic rings. The molecule has 0 saturated carbocycles. The molecule has 1 unspecified atom stereocenters. The number of methoxy groups -OCH3 is 1. The summed E-state index contributed by atoms with van der Waals surface area (Å²) in [5.74, 6) is 11.1. The Balaban J connectivity index is 1.26. The van der Waals surface area contributed by atoms with E-state index in [0.29, 0.717) is 27.7 Å². The Labute approximate surface area is 268 Å². The number of benzene rings is 2. The van der Waals surface area contributed by atoms with E-state index in [4.69, 9.17) is 33.2 Å². The summed E-state index contributed by atoms with van der Waals surface area (Å²) in [7, 11) is 1.49. The minimum absolute atomic E-state index is 0.0704. The molecule has 47 heavy (non-hydrogen) atoms. The molecule has 244 valence electrons. The summed E-state index contributed by atoms with van der Waals surface area (Å²) in [6.45, 7) is 3.28. The minimum Gasteiger partial charge on any atom is -0.507 e. The van der Waals surface area contributed by atoms with Crippen LogP contribution >= 0.6 is 0 Å². The second-order valence-corrected chi connectivity index (χ2v) is 11.8. The molecule has 13 nitrogen and oxygen atoms in total. The predicted molar refractivity (Wildman–Crippen MR) is 159 cm³/mol. The van der Waals surface area contributed by atoms with Crippen molar-refractivity contribution in [1.29, 1.82) is 0 Å². The lowest BCUT2D eigenvalue weighted by molar-refractivity contribution is -0.304. The first-order chi connectivity index (χ1) is 22.5. The van der Waals surface area contributed by atoms with Gasteiger partial charge in [0.1, 0.15) is 48.1 Å². The van der Waals surface area contributed by atoms with Crippen molar-refractivity contribution in [2.45, 2.75) is 74.6 Å². The molecule has 2 aliphatic carbocycles. The van der Waals surface area contributed by atoms with Gasteiger partial charge < -0.3 is 53.6 Å². The molecule has 5 aliphatic rings. The summed E-state index contributed by atoms with van der Waals surface area (Å²) in [6, 6.07) is 6.49. The molecule has 0 amide bonds. The SMILES string of the molecule is COc1cc(C)c2ccc(O)c(C(=O)O[C@@H]3C=C4C#C[C@]5(C6COC(=O)O6)O[C@@H]5C#C/C=C\4[C@H]3O[C@H]3O[C@H](C)[C@H](O)[C@H](O)[C@H]3O)c2c1. The van der Waals surface area contributed by atoms with E-state index in [1.54, 1.807) is 18.2 Å². The largest absolute Gasteiger partial charge is 0.508 e. The zero-order valence-electron chi connectivity index (χ0n) is 25.3. The number of carbonyl (C=O) groups excluding carboxylic acids is 2. The Kier molecular flexibility index (Phi) is 7.64. The van der Waals surface area contributed by atoms with Crippen molar-refractivity contribution < 1.29 is 63.2 Å². The van der Waals surface area contributed by atoms with E-state index < -0.39 is 72.8 Å². The van der Waals surface area contributed by atoms with Crippen molar-refractivity contribution in [2.75, 3.05) is 13.7 Å². The first-order valence-electron chi connectivity index (χ1n) is 14.8. The second kappa shape index (κ2) is 11.6. The highest BCUT2D eigenvalue weighted by molar-refractivity contribution is 6.08. The lowest BCUT2D eigenvalue weighted by Crippen LogP contribution is -2.58. The van der Waals surface area contributed by atoms with Gasteiger partial charge in [-0.1, -0.05) is 29.7 Å². The maximum absolute atomic E-state index is 13.9. The van der Waals surface area contributed by atoms with Crippen LogP contribution in [0.2, 0.25) is 0 Å². The van der Waals surface area contributed by atoms with Gasteiger partial charge in [0.25, 0.3) is 0 Å². The number of hydrogen-bond donors (Lipinski definition) is 4. The van der Waals surface area contributed by atoms with Crippen LogP contribution in [0.25, 0.3) is 10.8 Å². The first kappa shape index (κ1) is 31.0. The number of ether oxygens (including phenoxy) is 7. The van der Waals surface area contributed by atoms with E-state index in [0.717, 1.165) is 5.56 Å². The topological polar surface area (TPSA) is 183 Å². The predicted octanol–water partition coefficient (Wildman–Crippen LogP) is 1.16. The highest BCUT2D eigenvalue weighted by Gasteiger charge is 2.65. The number of aryl methyl sites for hydroxylation is 1. The fourth-order valence-electron chi connectivity index (χ4n) is 6.18. The Bertz CT molecular complexity index is 1860. The van der Waals surface area contributed by atoms with Crippen LogP contribution in [0, 0.1) is 30.6 Å². The van der Waals surface area contributed by atoms with Crippen LogP contribution in [0.4, 0.5) is 4.79 Å². The third kappa shape index (κ3) is 5.27. The fraction of sp³-hybridized carbons (Fsp3) is 0.412. The number of cyclic esters (lactones) is 2. The molecule has 3 aliphatic heterocycles. The van der Waals surface area contributed by atoms with E-state index in [1.165, 1.54) is 32.3 Å². The molecule has 3 fully saturated rings. The molecule has 10 atom stereocenters. The van der Waals surface area contributed by atoms with Crippen molar-refractivity contribution in [3.8, 4) is 35.2 Å². The summed E-state index contributed by atoms with van der Waals surface area (Å²) in [4.78, 5) is 25.5. The average molecular weight is 647 g/mol. The quantitative estimate of drug-likeness (QED) is 0.200. The van der Waals surface area contributed by atoms with Gasteiger partial charge in [-0.05, 0) is 55.1 Å². The van der Waals surface area contributed by atoms with Crippen LogP contribution in [0.1, 0.15) is 22.8 Å². The molecular weight excluding hydrogens is 616 g/mol. The molecule has 13 heteroatoms. The third-order valence-corrected chi connectivity index (χ3v) is 8.86. The Hall–Kier alpha value is -4.60. The molecule has 0 bridgehead atoms. The van der Waals surface area contributed by atoms with E-state index in [1.807, 2.05) is 6.92 Å². The fourth-order valence-corrected chi connectivity index (χ4v) is 6.18. The number of aromatic hydroxyl groups is 1. The molecule has 2 aromatic carbocycles. The summed E-state index contributed by atoms with van der Waals surface area (Å²) in [5, 5.41) is 43.3. The van der Waals surface area contributed by atoms with Crippen LogP contribution in [0.3, 0.4) is 0 Å². The van der Waals surface area contributed by atoms with E-state index >= 15 is 0 Å². The number of phenolic OH excluding ortho intramolecular Hbond substituents is 1. The number of esters is 1. The van der Waals surface area contributed by atoms with E-state index in [-0.39, 0.29) is 17.9 Å². The van der Waals surface area contributed by atoms with Crippen LogP contribution in [0.15, 0.2) is 47.6 Å². The van der Waals surface area contributed by atoms with Crippen LogP contribution in [0.5, 0.6) is 11.5 Å². The van der Waals surface area contributed by atoms with E-state index in [9.17, 15) is 30.0 Å². The molecule has 4 N–H and O–H groups in total. The summed E-state index contributed by atoms with van der Waals surface area (Å²) >= 11 is 0. The normalized spacial score (nSPS) is 36.2. The molecule has 0 spiro atoms. The van der Waals surface area contributed by atoms with Crippen molar-refractivity contribution in [3.05, 3.63) is 58.7 Å². The van der Waals surface area contributed by atoms with Gasteiger partial charge in [-0.2, -0.15) is 0 Å². The Morgan fingerprint density at radius 3 is 2.66 bits per heavy atom. The maximum Gasteiger partial charge on any atom is 0.508 e. The molecular formula is C34H30O13. The van der Waals surface area contributed by atoms with Gasteiger partial charge in [-0.3, -0.25) is 0 Å². The molecule has 0 aromatic heterocycles. The summed E-state index contributed by atoms with van der Waals surface area (Å²) < 4.78 is 39.2. The van der Waals surface area contributed by atoms with Crippen molar-refractivity contribution in [3.63, 3.8) is 0 Å². The standard InChI is InChI=1S/C34H30O13/c1-15-11-18(41-3)13-21-19(15)7-8-22(35)26(21)31(39)44-23-12-17-9-10-34(25-14-42-33(40)45-25)24(47-34)6-4-5-20(17)30(23)46-32-29(38)28(37)27(36)16(2)43-32/h5,7-8,11-13,16,23-25,27-30,32,35-38H,14H2,1-3H3/b20-5+/t16-,23-,24-,25?,27+,28+,29-,30-,32-,34+/m1/s1. The van der Waals surface area contributed by atoms with Crippen LogP contribution < -0.4 is 4.74 Å². The number of allylic oxidation sites excluding steroid dienone is 1. The van der Waals surface area contributed by atoms with Gasteiger partial charge in [-0.15, -0.1) is 0 Å². The maximum atomic E-state index is 13.9.